The van der Waals surface area contributed by atoms with E-state index in [4.69, 9.17) is 0 Å². The van der Waals surface area contributed by atoms with E-state index in [9.17, 15) is 9.90 Å². The topological polar surface area (TPSA) is 56.7 Å². The van der Waals surface area contributed by atoms with Crippen molar-refractivity contribution in [3.05, 3.63) is 54.4 Å². The lowest BCUT2D eigenvalue weighted by Crippen LogP contribution is -2.67. The largest absolute Gasteiger partial charge is 0.395 e. The van der Waals surface area contributed by atoms with Gasteiger partial charge < -0.3 is 10.0 Å². The lowest BCUT2D eigenvalue weighted by molar-refractivity contribution is -0.136. The molecule has 3 atom stereocenters. The van der Waals surface area contributed by atoms with Crippen molar-refractivity contribution in [3.8, 4) is 11.1 Å². The van der Waals surface area contributed by atoms with Gasteiger partial charge in [-0.25, -0.2) is 0 Å². The standard InChI is InChI=1S/C23H29N3O2/c1-2-22(28)25-12-3-4-13-26-20(15-25)23(21(26)16-27)18-9-7-17(8-10-18)19-6-5-11-24-14-19/h5-11,14,20-21,23,27H,2-4,12-13,15-16H2,1H3/t20-,21+,23+/m1/s1. The van der Waals surface area contributed by atoms with E-state index in [0.29, 0.717) is 6.42 Å². The van der Waals surface area contributed by atoms with Crippen molar-refractivity contribution in [3.63, 3.8) is 0 Å². The molecule has 0 saturated carbocycles. The first-order chi connectivity index (χ1) is 13.7. The van der Waals surface area contributed by atoms with Crippen LogP contribution in [0, 0.1) is 0 Å². The first kappa shape index (κ1) is 19.1. The molecule has 148 valence electrons. The molecule has 5 nitrogen and oxygen atoms in total. The van der Waals surface area contributed by atoms with Gasteiger partial charge in [0.15, 0.2) is 0 Å². The Hall–Kier alpha value is -2.24. The lowest BCUT2D eigenvalue weighted by atomic mass is 9.74. The van der Waals surface area contributed by atoms with Crippen LogP contribution in [0.2, 0.25) is 0 Å². The van der Waals surface area contributed by atoms with Gasteiger partial charge in [-0.2, -0.15) is 0 Å². The van der Waals surface area contributed by atoms with Crippen molar-refractivity contribution in [2.75, 3.05) is 26.2 Å². The number of aliphatic hydroxyl groups is 1. The zero-order chi connectivity index (χ0) is 19.5. The Morgan fingerprint density at radius 2 is 1.93 bits per heavy atom. The molecule has 3 heterocycles. The van der Waals surface area contributed by atoms with Crippen LogP contribution in [0.1, 0.15) is 37.7 Å². The van der Waals surface area contributed by atoms with Crippen LogP contribution in [-0.4, -0.2) is 64.1 Å². The number of benzene rings is 1. The minimum Gasteiger partial charge on any atom is -0.395 e. The lowest BCUT2D eigenvalue weighted by Gasteiger charge is -2.57. The number of aromatic nitrogens is 1. The minimum atomic E-state index is 0.144. The molecule has 1 N–H and O–H groups in total. The third-order valence-corrected chi connectivity index (χ3v) is 6.32. The number of fused-ring (bicyclic) bond motifs is 1. The van der Waals surface area contributed by atoms with Crippen molar-refractivity contribution in [1.29, 1.82) is 0 Å². The van der Waals surface area contributed by atoms with Crippen molar-refractivity contribution in [1.82, 2.24) is 14.8 Å². The number of hydrogen-bond acceptors (Lipinski definition) is 4. The van der Waals surface area contributed by atoms with Gasteiger partial charge in [-0.1, -0.05) is 37.3 Å². The number of aliphatic hydroxyl groups excluding tert-OH is 1. The van der Waals surface area contributed by atoms with Crippen molar-refractivity contribution < 1.29 is 9.90 Å². The van der Waals surface area contributed by atoms with Gasteiger partial charge in [0, 0.05) is 49.9 Å². The number of pyridine rings is 1. The van der Waals surface area contributed by atoms with E-state index in [-0.39, 0.29) is 30.5 Å². The third kappa shape index (κ3) is 3.56. The molecule has 2 saturated heterocycles. The van der Waals surface area contributed by atoms with E-state index in [1.54, 1.807) is 6.20 Å². The molecular weight excluding hydrogens is 350 g/mol. The second kappa shape index (κ2) is 8.41. The van der Waals surface area contributed by atoms with Crippen LogP contribution in [0.25, 0.3) is 11.1 Å². The molecule has 1 aromatic carbocycles. The number of carbonyl (C=O) groups excluding carboxylic acids is 1. The second-order valence-corrected chi connectivity index (χ2v) is 7.85. The SMILES string of the molecule is CCC(=O)N1CCCCN2[C@H](C1)[C@H](c1ccc(-c3cccnc3)cc1)[C@@H]2CO. The molecule has 0 radical (unpaired) electrons. The summed E-state index contributed by atoms with van der Waals surface area (Å²) < 4.78 is 0. The fraction of sp³-hybridized carbons (Fsp3) is 0.478. The highest BCUT2D eigenvalue weighted by Gasteiger charge is 2.49. The molecule has 4 rings (SSSR count). The molecule has 2 aromatic rings. The summed E-state index contributed by atoms with van der Waals surface area (Å²) in [6.07, 6.45) is 6.33. The van der Waals surface area contributed by atoms with Crippen LogP contribution in [0.15, 0.2) is 48.8 Å². The number of hydrogen-bond donors (Lipinski definition) is 1. The Kier molecular flexibility index (Phi) is 5.74. The molecule has 28 heavy (non-hydrogen) atoms. The molecule has 0 unspecified atom stereocenters. The van der Waals surface area contributed by atoms with Crippen molar-refractivity contribution in [2.24, 2.45) is 0 Å². The van der Waals surface area contributed by atoms with E-state index in [1.165, 1.54) is 5.56 Å². The van der Waals surface area contributed by atoms with Crippen LogP contribution in [0.4, 0.5) is 0 Å². The molecule has 2 aliphatic heterocycles. The van der Waals surface area contributed by atoms with Crippen LogP contribution < -0.4 is 0 Å². The van der Waals surface area contributed by atoms with Crippen molar-refractivity contribution in [2.45, 2.75) is 44.2 Å². The molecule has 2 aliphatic rings. The zero-order valence-corrected chi connectivity index (χ0v) is 16.5. The van der Waals surface area contributed by atoms with Gasteiger partial charge in [-0.15, -0.1) is 0 Å². The summed E-state index contributed by atoms with van der Waals surface area (Å²) in [5.41, 5.74) is 3.50. The number of nitrogens with zero attached hydrogens (tertiary/aromatic N) is 3. The summed E-state index contributed by atoms with van der Waals surface area (Å²) in [7, 11) is 0. The normalized spacial score (nSPS) is 25.4. The summed E-state index contributed by atoms with van der Waals surface area (Å²) in [4.78, 5) is 21.0. The number of rotatable bonds is 4. The average molecular weight is 380 g/mol. The third-order valence-electron chi connectivity index (χ3n) is 6.32. The van der Waals surface area contributed by atoms with Crippen LogP contribution in [-0.2, 0) is 4.79 Å². The number of amides is 1. The maximum absolute atomic E-state index is 12.4. The van der Waals surface area contributed by atoms with E-state index < -0.39 is 0 Å². The van der Waals surface area contributed by atoms with E-state index >= 15 is 0 Å². The fourth-order valence-electron chi connectivity index (χ4n) is 4.82. The predicted molar refractivity (Wildman–Crippen MR) is 110 cm³/mol. The molecule has 0 bridgehead atoms. The zero-order valence-electron chi connectivity index (χ0n) is 16.5. The van der Waals surface area contributed by atoms with Crippen LogP contribution in [0.5, 0.6) is 0 Å². The highest BCUT2D eigenvalue weighted by atomic mass is 16.3. The Balaban J connectivity index is 1.57. The summed E-state index contributed by atoms with van der Waals surface area (Å²) in [6.45, 7) is 4.72. The molecule has 0 aliphatic carbocycles. The fourth-order valence-corrected chi connectivity index (χ4v) is 4.82. The van der Waals surface area contributed by atoms with Crippen LogP contribution >= 0.6 is 0 Å². The highest BCUT2D eigenvalue weighted by Crippen LogP contribution is 2.42. The van der Waals surface area contributed by atoms with Gasteiger partial charge in [-0.3, -0.25) is 14.7 Å². The van der Waals surface area contributed by atoms with E-state index in [1.807, 2.05) is 24.1 Å². The summed E-state index contributed by atoms with van der Waals surface area (Å²) >= 11 is 0. The first-order valence-corrected chi connectivity index (χ1v) is 10.4. The van der Waals surface area contributed by atoms with Gasteiger partial charge >= 0.3 is 0 Å². The monoisotopic (exact) mass is 379 g/mol. The molecule has 1 amide bonds. The molecular formula is C23H29N3O2. The smallest absolute Gasteiger partial charge is 0.222 e. The van der Waals surface area contributed by atoms with Gasteiger partial charge in [0.25, 0.3) is 0 Å². The molecule has 1 aromatic heterocycles. The highest BCUT2D eigenvalue weighted by molar-refractivity contribution is 5.76. The first-order valence-electron chi connectivity index (χ1n) is 10.4. The number of carbonyl (C=O) groups is 1. The molecule has 2 fully saturated rings. The summed E-state index contributed by atoms with van der Waals surface area (Å²) in [5, 5.41) is 10.0. The van der Waals surface area contributed by atoms with E-state index in [2.05, 4.69) is 40.2 Å². The van der Waals surface area contributed by atoms with Crippen molar-refractivity contribution >= 4 is 5.91 Å². The Morgan fingerprint density at radius 1 is 1.14 bits per heavy atom. The van der Waals surface area contributed by atoms with Gasteiger partial charge in [0.1, 0.15) is 0 Å². The Morgan fingerprint density at radius 3 is 2.61 bits per heavy atom. The van der Waals surface area contributed by atoms with Gasteiger partial charge in [-0.05, 0) is 42.1 Å². The summed E-state index contributed by atoms with van der Waals surface area (Å²) in [6, 6.07) is 13.1. The van der Waals surface area contributed by atoms with E-state index in [0.717, 1.165) is 43.6 Å². The average Bonchev–Trinajstić information content (AvgIpc) is 2.73. The minimum absolute atomic E-state index is 0.144. The predicted octanol–water partition coefficient (Wildman–Crippen LogP) is 2.91. The maximum atomic E-state index is 12.4. The summed E-state index contributed by atoms with van der Waals surface area (Å²) in [5.74, 6) is 0.498. The quantitative estimate of drug-likeness (QED) is 0.887. The Labute approximate surface area is 167 Å². The van der Waals surface area contributed by atoms with Crippen LogP contribution in [0.3, 0.4) is 0 Å². The second-order valence-electron chi connectivity index (χ2n) is 7.85. The van der Waals surface area contributed by atoms with Gasteiger partial charge in [0.2, 0.25) is 5.91 Å². The Bertz CT molecular complexity index is 793. The molecule has 0 spiro atoms. The molecule has 5 heteroatoms. The van der Waals surface area contributed by atoms with Gasteiger partial charge in [0.05, 0.1) is 6.61 Å². The maximum Gasteiger partial charge on any atom is 0.222 e.